The van der Waals surface area contributed by atoms with Gasteiger partial charge in [-0.2, -0.15) is 0 Å². The van der Waals surface area contributed by atoms with Crippen molar-refractivity contribution in [3.63, 3.8) is 0 Å². The Balaban J connectivity index is 4.18. The normalized spacial score (nSPS) is 12.4. The van der Waals surface area contributed by atoms with Crippen LogP contribution in [-0.4, -0.2) is 25.2 Å². The van der Waals surface area contributed by atoms with Crippen LogP contribution in [0.2, 0.25) is 0 Å². The zero-order chi connectivity index (χ0) is 10.4. The van der Waals surface area contributed by atoms with E-state index >= 15 is 0 Å². The first-order chi connectivity index (χ1) is 5.97. The van der Waals surface area contributed by atoms with Gasteiger partial charge in [0, 0.05) is 6.92 Å². The van der Waals surface area contributed by atoms with Gasteiger partial charge in [0.05, 0.1) is 7.11 Å². The van der Waals surface area contributed by atoms with Crippen LogP contribution in [0, 0.1) is 5.92 Å². The predicted molar refractivity (Wildman–Crippen MR) is 47.0 cm³/mol. The average molecular weight is 188 g/mol. The second-order valence-corrected chi connectivity index (χ2v) is 3.25. The van der Waals surface area contributed by atoms with Crippen molar-refractivity contribution in [2.45, 2.75) is 33.3 Å². The summed E-state index contributed by atoms with van der Waals surface area (Å²) in [6.45, 7) is 5.16. The minimum absolute atomic E-state index is 0.281. The lowest BCUT2D eigenvalue weighted by Gasteiger charge is -2.16. The number of ether oxygens (including phenoxy) is 2. The standard InChI is InChI=1S/C9H16O4/c1-6(2)5-8(9(11)12-4)13-7(3)10/h6,8H,5H2,1-4H3/t8-/m1/s1. The van der Waals surface area contributed by atoms with Gasteiger partial charge < -0.3 is 9.47 Å². The molecule has 0 N–H and O–H groups in total. The fourth-order valence-electron chi connectivity index (χ4n) is 0.952. The summed E-state index contributed by atoms with van der Waals surface area (Å²) in [5, 5.41) is 0. The van der Waals surface area contributed by atoms with E-state index in [9.17, 15) is 9.59 Å². The van der Waals surface area contributed by atoms with Crippen molar-refractivity contribution in [3.05, 3.63) is 0 Å². The highest BCUT2D eigenvalue weighted by Crippen LogP contribution is 2.09. The van der Waals surface area contributed by atoms with Crippen LogP contribution in [0.3, 0.4) is 0 Å². The molecular formula is C9H16O4. The van der Waals surface area contributed by atoms with Crippen molar-refractivity contribution in [2.75, 3.05) is 7.11 Å². The molecule has 0 aliphatic carbocycles. The first kappa shape index (κ1) is 11.9. The van der Waals surface area contributed by atoms with Crippen molar-refractivity contribution in [2.24, 2.45) is 5.92 Å². The smallest absolute Gasteiger partial charge is 0.347 e. The minimum atomic E-state index is -0.762. The molecule has 0 spiro atoms. The highest BCUT2D eigenvalue weighted by molar-refractivity contribution is 5.78. The second-order valence-electron chi connectivity index (χ2n) is 3.25. The Morgan fingerprint density at radius 2 is 1.85 bits per heavy atom. The van der Waals surface area contributed by atoms with Crippen LogP contribution >= 0.6 is 0 Å². The highest BCUT2D eigenvalue weighted by Gasteiger charge is 2.23. The lowest BCUT2D eigenvalue weighted by Crippen LogP contribution is -2.28. The molecule has 0 aromatic carbocycles. The Bertz CT molecular complexity index is 186. The van der Waals surface area contributed by atoms with Gasteiger partial charge in [0.15, 0.2) is 6.10 Å². The number of carbonyl (C=O) groups excluding carboxylic acids is 2. The van der Waals surface area contributed by atoms with Crippen molar-refractivity contribution in [3.8, 4) is 0 Å². The van der Waals surface area contributed by atoms with Gasteiger partial charge in [0.1, 0.15) is 0 Å². The van der Waals surface area contributed by atoms with Crippen LogP contribution < -0.4 is 0 Å². The van der Waals surface area contributed by atoms with E-state index in [1.165, 1.54) is 14.0 Å². The molecule has 1 atom stereocenters. The molecule has 0 aromatic rings. The molecule has 0 radical (unpaired) electrons. The molecule has 0 rings (SSSR count). The molecule has 0 amide bonds. The number of hydrogen-bond acceptors (Lipinski definition) is 4. The molecule has 4 heteroatoms. The molecule has 4 nitrogen and oxygen atoms in total. The quantitative estimate of drug-likeness (QED) is 0.621. The summed E-state index contributed by atoms with van der Waals surface area (Å²) >= 11 is 0. The zero-order valence-corrected chi connectivity index (χ0v) is 8.49. The molecule has 0 aromatic heterocycles. The molecule has 0 fully saturated rings. The second kappa shape index (κ2) is 5.56. The fraction of sp³-hybridized carbons (Fsp3) is 0.778. The van der Waals surface area contributed by atoms with Crippen molar-refractivity contribution >= 4 is 11.9 Å². The third-order valence-corrected chi connectivity index (χ3v) is 1.46. The molecule has 76 valence electrons. The molecular weight excluding hydrogens is 172 g/mol. The number of esters is 2. The summed E-state index contributed by atoms with van der Waals surface area (Å²) in [5.41, 5.74) is 0. The van der Waals surface area contributed by atoms with Gasteiger partial charge in [-0.15, -0.1) is 0 Å². The molecule has 0 heterocycles. The first-order valence-corrected chi connectivity index (χ1v) is 4.22. The van der Waals surface area contributed by atoms with Gasteiger partial charge in [0.25, 0.3) is 0 Å². The number of carbonyl (C=O) groups is 2. The third kappa shape index (κ3) is 5.22. The van der Waals surface area contributed by atoms with E-state index in [0.717, 1.165) is 0 Å². The van der Waals surface area contributed by atoms with Crippen LogP contribution in [-0.2, 0) is 19.1 Å². The molecule has 0 saturated carbocycles. The van der Waals surface area contributed by atoms with Crippen molar-refractivity contribution < 1.29 is 19.1 Å². The lowest BCUT2D eigenvalue weighted by atomic mass is 10.1. The molecule has 0 aliphatic rings. The molecule has 13 heavy (non-hydrogen) atoms. The van der Waals surface area contributed by atoms with Gasteiger partial charge in [-0.05, 0) is 12.3 Å². The van der Waals surface area contributed by atoms with Gasteiger partial charge in [-0.1, -0.05) is 13.8 Å². The summed E-state index contributed by atoms with van der Waals surface area (Å²) in [6, 6.07) is 0. The Labute approximate surface area is 78.2 Å². The van der Waals surface area contributed by atoms with Gasteiger partial charge in [-0.3, -0.25) is 4.79 Å². The summed E-state index contributed by atoms with van der Waals surface area (Å²) in [4.78, 5) is 21.7. The largest absolute Gasteiger partial charge is 0.466 e. The van der Waals surface area contributed by atoms with Gasteiger partial charge in [-0.25, -0.2) is 4.79 Å². The van der Waals surface area contributed by atoms with Crippen LogP contribution in [0.25, 0.3) is 0 Å². The molecule has 0 aliphatic heterocycles. The topological polar surface area (TPSA) is 52.6 Å². The van der Waals surface area contributed by atoms with Gasteiger partial charge >= 0.3 is 11.9 Å². The Kier molecular flexibility index (Phi) is 5.11. The maximum atomic E-state index is 11.1. The average Bonchev–Trinajstić information content (AvgIpc) is 2.00. The predicted octanol–water partition coefficient (Wildman–Crippen LogP) is 1.14. The van der Waals surface area contributed by atoms with Gasteiger partial charge in [0.2, 0.25) is 0 Å². The lowest BCUT2D eigenvalue weighted by molar-refractivity contribution is -0.165. The van der Waals surface area contributed by atoms with Crippen LogP contribution in [0.15, 0.2) is 0 Å². The van der Waals surface area contributed by atoms with E-state index < -0.39 is 18.0 Å². The number of hydrogen-bond donors (Lipinski definition) is 0. The zero-order valence-electron chi connectivity index (χ0n) is 8.49. The summed E-state index contributed by atoms with van der Waals surface area (Å²) in [6.07, 6.45) is -0.269. The van der Waals surface area contributed by atoms with E-state index in [1.54, 1.807) is 0 Å². The summed E-state index contributed by atoms with van der Waals surface area (Å²) < 4.78 is 9.30. The molecule has 0 saturated heterocycles. The minimum Gasteiger partial charge on any atom is -0.466 e. The first-order valence-electron chi connectivity index (χ1n) is 4.22. The maximum Gasteiger partial charge on any atom is 0.347 e. The third-order valence-electron chi connectivity index (χ3n) is 1.46. The Morgan fingerprint density at radius 3 is 2.15 bits per heavy atom. The highest BCUT2D eigenvalue weighted by atomic mass is 16.6. The fourth-order valence-corrected chi connectivity index (χ4v) is 0.952. The van der Waals surface area contributed by atoms with E-state index in [0.29, 0.717) is 6.42 Å². The molecule has 0 bridgehead atoms. The SMILES string of the molecule is COC(=O)[C@@H](CC(C)C)OC(C)=O. The Morgan fingerprint density at radius 1 is 1.31 bits per heavy atom. The van der Waals surface area contributed by atoms with E-state index in [4.69, 9.17) is 4.74 Å². The maximum absolute atomic E-state index is 11.1. The van der Waals surface area contributed by atoms with E-state index in [2.05, 4.69) is 4.74 Å². The van der Waals surface area contributed by atoms with E-state index in [1.807, 2.05) is 13.8 Å². The monoisotopic (exact) mass is 188 g/mol. The van der Waals surface area contributed by atoms with Crippen LogP contribution in [0.5, 0.6) is 0 Å². The van der Waals surface area contributed by atoms with Crippen molar-refractivity contribution in [1.29, 1.82) is 0 Å². The summed E-state index contributed by atoms with van der Waals surface area (Å²) in [7, 11) is 1.28. The number of rotatable bonds is 4. The van der Waals surface area contributed by atoms with Crippen molar-refractivity contribution in [1.82, 2.24) is 0 Å². The summed E-state index contributed by atoms with van der Waals surface area (Å²) in [5.74, 6) is -0.677. The van der Waals surface area contributed by atoms with Crippen LogP contribution in [0.1, 0.15) is 27.2 Å². The Hall–Kier alpha value is -1.06. The van der Waals surface area contributed by atoms with Crippen LogP contribution in [0.4, 0.5) is 0 Å². The number of methoxy groups -OCH3 is 1. The van der Waals surface area contributed by atoms with E-state index in [-0.39, 0.29) is 5.92 Å². The molecule has 0 unspecified atom stereocenters.